The quantitative estimate of drug-likeness (QED) is 0.315. The fraction of sp³-hybridized carbons (Fsp3) is 0.611. The van der Waals surface area contributed by atoms with E-state index in [4.69, 9.17) is 4.74 Å². The maximum Gasteiger partial charge on any atom is 0.193 e. The van der Waals surface area contributed by atoms with Crippen molar-refractivity contribution in [1.29, 1.82) is 0 Å². The molecule has 142 valence electrons. The van der Waals surface area contributed by atoms with Gasteiger partial charge < -0.3 is 19.9 Å². The number of ether oxygens (including phenoxy) is 1. The number of nitrogens with one attached hydrogen (secondary N) is 1. The van der Waals surface area contributed by atoms with Gasteiger partial charge in [0.1, 0.15) is 11.9 Å². The first-order valence-corrected chi connectivity index (χ1v) is 8.51. The highest BCUT2D eigenvalue weighted by Crippen LogP contribution is 2.25. The molecule has 0 spiro atoms. The van der Waals surface area contributed by atoms with Crippen LogP contribution in [0.1, 0.15) is 25.0 Å². The van der Waals surface area contributed by atoms with Crippen LogP contribution in [0.5, 0.6) is 0 Å². The first kappa shape index (κ1) is 22.1. The number of morpholine rings is 1. The van der Waals surface area contributed by atoms with Crippen molar-refractivity contribution in [2.75, 3.05) is 47.3 Å². The van der Waals surface area contributed by atoms with Crippen LogP contribution in [0.2, 0.25) is 0 Å². The number of nitrogens with zero attached hydrogens (tertiary/aromatic N) is 3. The van der Waals surface area contributed by atoms with Gasteiger partial charge in [-0.05, 0) is 51.7 Å². The third-order valence-corrected chi connectivity index (χ3v) is 4.08. The molecule has 2 rings (SSSR count). The summed E-state index contributed by atoms with van der Waals surface area (Å²) in [5, 5.41) is 3.43. The Hall–Kier alpha value is -0.930. The average Bonchev–Trinajstić information content (AvgIpc) is 2.54. The van der Waals surface area contributed by atoms with Crippen LogP contribution >= 0.6 is 24.0 Å². The van der Waals surface area contributed by atoms with Gasteiger partial charge in [0.2, 0.25) is 0 Å². The van der Waals surface area contributed by atoms with Gasteiger partial charge in [0.25, 0.3) is 0 Å². The zero-order valence-corrected chi connectivity index (χ0v) is 17.9. The van der Waals surface area contributed by atoms with Gasteiger partial charge in [-0.15, -0.1) is 24.0 Å². The number of halogens is 2. The van der Waals surface area contributed by atoms with Crippen LogP contribution in [0.4, 0.5) is 4.39 Å². The van der Waals surface area contributed by atoms with Crippen molar-refractivity contribution in [3.05, 3.63) is 35.6 Å². The molecular weight excluding hydrogens is 434 g/mol. The Bertz CT molecular complexity index is 538. The van der Waals surface area contributed by atoms with E-state index in [0.717, 1.165) is 37.6 Å². The van der Waals surface area contributed by atoms with E-state index in [-0.39, 0.29) is 42.0 Å². The SMILES string of the molecule is CN=C(NCCCN(C)C)N1CC(C)OC(c2ccc(F)cc2)C1.I. The predicted octanol–water partition coefficient (Wildman–Crippen LogP) is 2.73. The molecule has 2 atom stereocenters. The second kappa shape index (κ2) is 10.9. The largest absolute Gasteiger partial charge is 0.367 e. The molecule has 1 aliphatic rings. The molecule has 1 aromatic carbocycles. The molecule has 0 radical (unpaired) electrons. The molecule has 25 heavy (non-hydrogen) atoms. The minimum absolute atomic E-state index is 0. The van der Waals surface area contributed by atoms with Gasteiger partial charge in [0.15, 0.2) is 5.96 Å². The van der Waals surface area contributed by atoms with Crippen LogP contribution in [0.15, 0.2) is 29.3 Å². The van der Waals surface area contributed by atoms with E-state index in [1.54, 1.807) is 19.2 Å². The minimum atomic E-state index is -0.224. The van der Waals surface area contributed by atoms with E-state index in [9.17, 15) is 4.39 Å². The molecule has 1 aromatic rings. The number of hydrogen-bond acceptors (Lipinski definition) is 3. The summed E-state index contributed by atoms with van der Waals surface area (Å²) in [6, 6.07) is 6.56. The number of hydrogen-bond donors (Lipinski definition) is 1. The molecule has 0 saturated carbocycles. The normalized spacial score (nSPS) is 21.2. The standard InChI is InChI=1S/C18H29FN4O.HI/c1-14-12-23(18(20-2)21-10-5-11-22(3)4)13-17(24-14)15-6-8-16(19)9-7-15;/h6-9,14,17H,5,10-13H2,1-4H3,(H,20,21);1H. The van der Waals surface area contributed by atoms with Gasteiger partial charge in [0.05, 0.1) is 12.6 Å². The maximum atomic E-state index is 13.1. The van der Waals surface area contributed by atoms with Crippen LogP contribution < -0.4 is 5.32 Å². The highest BCUT2D eigenvalue weighted by molar-refractivity contribution is 14.0. The highest BCUT2D eigenvalue weighted by Gasteiger charge is 2.28. The second-order valence-electron chi connectivity index (χ2n) is 6.52. The van der Waals surface area contributed by atoms with Gasteiger partial charge >= 0.3 is 0 Å². The van der Waals surface area contributed by atoms with Crippen molar-refractivity contribution >= 4 is 29.9 Å². The minimum Gasteiger partial charge on any atom is -0.367 e. The monoisotopic (exact) mass is 464 g/mol. The first-order chi connectivity index (χ1) is 11.5. The molecule has 0 aromatic heterocycles. The van der Waals surface area contributed by atoms with Gasteiger partial charge in [-0.3, -0.25) is 4.99 Å². The third-order valence-electron chi connectivity index (χ3n) is 4.08. The van der Waals surface area contributed by atoms with E-state index in [1.807, 2.05) is 0 Å². The van der Waals surface area contributed by atoms with E-state index < -0.39 is 0 Å². The zero-order valence-electron chi connectivity index (χ0n) is 15.5. The van der Waals surface area contributed by atoms with Crippen LogP contribution in [0, 0.1) is 5.82 Å². The Morgan fingerprint density at radius 2 is 2.00 bits per heavy atom. The lowest BCUT2D eigenvalue weighted by Gasteiger charge is -2.38. The predicted molar refractivity (Wildman–Crippen MR) is 111 cm³/mol. The third kappa shape index (κ3) is 7.07. The molecule has 1 N–H and O–H groups in total. The van der Waals surface area contributed by atoms with Crippen molar-refractivity contribution in [2.45, 2.75) is 25.6 Å². The van der Waals surface area contributed by atoms with Crippen molar-refractivity contribution in [3.63, 3.8) is 0 Å². The smallest absolute Gasteiger partial charge is 0.193 e. The summed E-state index contributed by atoms with van der Waals surface area (Å²) in [6.45, 7) is 5.50. The topological polar surface area (TPSA) is 40.1 Å². The summed E-state index contributed by atoms with van der Waals surface area (Å²) < 4.78 is 19.2. The summed E-state index contributed by atoms with van der Waals surface area (Å²) in [5.41, 5.74) is 0.996. The summed E-state index contributed by atoms with van der Waals surface area (Å²) in [5.74, 6) is 0.675. The Kier molecular flexibility index (Phi) is 9.66. The molecule has 0 aliphatic carbocycles. The molecule has 0 bridgehead atoms. The fourth-order valence-corrected chi connectivity index (χ4v) is 2.91. The molecule has 7 heteroatoms. The second-order valence-corrected chi connectivity index (χ2v) is 6.52. The van der Waals surface area contributed by atoms with Crippen molar-refractivity contribution in [2.24, 2.45) is 4.99 Å². The van der Waals surface area contributed by atoms with Gasteiger partial charge in [-0.2, -0.15) is 0 Å². The van der Waals surface area contributed by atoms with Gasteiger partial charge in [0, 0.05) is 20.1 Å². The van der Waals surface area contributed by atoms with Crippen LogP contribution in [0.3, 0.4) is 0 Å². The van der Waals surface area contributed by atoms with Crippen molar-refractivity contribution in [3.8, 4) is 0 Å². The molecule has 2 unspecified atom stereocenters. The lowest BCUT2D eigenvalue weighted by molar-refractivity contribution is -0.0605. The fourth-order valence-electron chi connectivity index (χ4n) is 2.91. The summed E-state index contributed by atoms with van der Waals surface area (Å²) in [4.78, 5) is 8.80. The van der Waals surface area contributed by atoms with Crippen molar-refractivity contribution < 1.29 is 9.13 Å². The molecular formula is C18H30FIN4O. The number of benzene rings is 1. The van der Waals surface area contributed by atoms with E-state index in [0.29, 0.717) is 6.54 Å². The lowest BCUT2D eigenvalue weighted by Crippen LogP contribution is -2.51. The Balaban J connectivity index is 0.00000312. The van der Waals surface area contributed by atoms with Gasteiger partial charge in [-0.25, -0.2) is 4.39 Å². The Morgan fingerprint density at radius 1 is 1.32 bits per heavy atom. The van der Waals surface area contributed by atoms with E-state index in [2.05, 4.69) is 41.1 Å². The van der Waals surface area contributed by atoms with Crippen LogP contribution in [-0.2, 0) is 4.74 Å². The highest BCUT2D eigenvalue weighted by atomic mass is 127. The molecule has 1 saturated heterocycles. The average molecular weight is 464 g/mol. The number of rotatable bonds is 5. The van der Waals surface area contributed by atoms with Crippen LogP contribution in [-0.4, -0.2) is 69.2 Å². The molecule has 5 nitrogen and oxygen atoms in total. The summed E-state index contributed by atoms with van der Waals surface area (Å²) in [7, 11) is 5.96. The molecule has 1 heterocycles. The number of aliphatic imine (C=N–C) groups is 1. The first-order valence-electron chi connectivity index (χ1n) is 8.51. The molecule has 1 fully saturated rings. The Morgan fingerprint density at radius 3 is 2.60 bits per heavy atom. The van der Waals surface area contributed by atoms with Crippen molar-refractivity contribution in [1.82, 2.24) is 15.1 Å². The van der Waals surface area contributed by atoms with E-state index >= 15 is 0 Å². The summed E-state index contributed by atoms with van der Waals surface area (Å²) in [6.07, 6.45) is 1.08. The Labute approximate surface area is 167 Å². The number of guanidine groups is 1. The van der Waals surface area contributed by atoms with Crippen LogP contribution in [0.25, 0.3) is 0 Å². The molecule has 1 aliphatic heterocycles. The zero-order chi connectivity index (χ0) is 17.5. The summed E-state index contributed by atoms with van der Waals surface area (Å²) >= 11 is 0. The maximum absolute atomic E-state index is 13.1. The lowest BCUT2D eigenvalue weighted by atomic mass is 10.1. The van der Waals surface area contributed by atoms with E-state index in [1.165, 1.54) is 12.1 Å². The van der Waals surface area contributed by atoms with Gasteiger partial charge in [-0.1, -0.05) is 12.1 Å². The molecule has 0 amide bonds.